The zero-order chi connectivity index (χ0) is 19.3. The molecule has 0 aromatic heterocycles. The summed E-state index contributed by atoms with van der Waals surface area (Å²) in [5.74, 6) is 0.351. The maximum Gasteiger partial charge on any atom is 0.410 e. The molecule has 0 unspecified atom stereocenters. The van der Waals surface area contributed by atoms with E-state index in [4.69, 9.17) is 9.47 Å². The smallest absolute Gasteiger partial charge is 0.410 e. The molecule has 0 N–H and O–H groups in total. The summed E-state index contributed by atoms with van der Waals surface area (Å²) < 4.78 is 35.9. The average molecular weight is 367 g/mol. The Balaban J connectivity index is 2.24. The van der Waals surface area contributed by atoms with Gasteiger partial charge in [0.2, 0.25) is 0 Å². The molecule has 0 heterocycles. The second kappa shape index (κ2) is 8.52. The van der Waals surface area contributed by atoms with E-state index in [2.05, 4.69) is 6.58 Å². The van der Waals surface area contributed by atoms with E-state index in [1.165, 1.54) is 0 Å². The average Bonchev–Trinajstić information content (AvgIpc) is 2.49. The lowest BCUT2D eigenvalue weighted by molar-refractivity contribution is 0.00422. The third-order valence-electron chi connectivity index (χ3n) is 4.17. The van der Waals surface area contributed by atoms with Crippen LogP contribution in [0.4, 0.5) is 13.6 Å². The first-order chi connectivity index (χ1) is 12.2. The second-order valence-electron chi connectivity index (χ2n) is 7.47. The minimum Gasteiger partial charge on any atom is -0.487 e. The van der Waals surface area contributed by atoms with E-state index in [9.17, 15) is 13.6 Å². The Morgan fingerprint density at radius 1 is 1.38 bits per heavy atom. The number of rotatable bonds is 7. The number of hydrogen-bond donors (Lipinski definition) is 0. The van der Waals surface area contributed by atoms with E-state index in [1.54, 1.807) is 23.1 Å². The van der Waals surface area contributed by atoms with Gasteiger partial charge in [-0.3, -0.25) is 0 Å². The quantitative estimate of drug-likeness (QED) is 0.659. The third kappa shape index (κ3) is 5.71. The maximum atomic E-state index is 12.7. The van der Waals surface area contributed by atoms with Crippen LogP contribution in [0.1, 0.15) is 51.2 Å². The lowest BCUT2D eigenvalue weighted by atomic mass is 9.91. The molecule has 4 nitrogen and oxygen atoms in total. The largest absolute Gasteiger partial charge is 0.487 e. The van der Waals surface area contributed by atoms with Crippen molar-refractivity contribution >= 4 is 12.2 Å². The Morgan fingerprint density at radius 2 is 2.08 bits per heavy atom. The third-order valence-corrected chi connectivity index (χ3v) is 4.17. The highest BCUT2D eigenvalue weighted by Gasteiger charge is 2.32. The van der Waals surface area contributed by atoms with Gasteiger partial charge in [0.1, 0.15) is 18.0 Å². The van der Waals surface area contributed by atoms with Crippen molar-refractivity contribution in [2.24, 2.45) is 0 Å². The molecule has 2 rings (SSSR count). The van der Waals surface area contributed by atoms with Crippen LogP contribution in [0.5, 0.6) is 5.75 Å². The van der Waals surface area contributed by atoms with Crippen molar-refractivity contribution in [1.29, 1.82) is 0 Å². The molecular formula is C20H27F2NO3. The molecule has 0 bridgehead atoms. The molecule has 0 atom stereocenters. The predicted molar refractivity (Wildman–Crippen MR) is 97.4 cm³/mol. The maximum absolute atomic E-state index is 12.7. The van der Waals surface area contributed by atoms with Crippen molar-refractivity contribution in [1.82, 2.24) is 4.90 Å². The lowest BCUT2D eigenvalue weighted by Gasteiger charge is -2.38. The zero-order valence-electron chi connectivity index (χ0n) is 15.6. The molecule has 1 aromatic rings. The molecule has 144 valence electrons. The number of amides is 1. The van der Waals surface area contributed by atoms with E-state index in [0.29, 0.717) is 11.3 Å². The second-order valence-corrected chi connectivity index (χ2v) is 7.47. The monoisotopic (exact) mass is 367 g/mol. The van der Waals surface area contributed by atoms with Gasteiger partial charge in [0.15, 0.2) is 0 Å². The molecule has 0 aliphatic heterocycles. The summed E-state index contributed by atoms with van der Waals surface area (Å²) in [6, 6.07) is 5.30. The molecule has 0 spiro atoms. The molecule has 6 heteroatoms. The predicted octanol–water partition coefficient (Wildman–Crippen LogP) is 5.26. The van der Waals surface area contributed by atoms with Crippen LogP contribution in [0.3, 0.4) is 0 Å². The first-order valence-electron chi connectivity index (χ1n) is 8.85. The summed E-state index contributed by atoms with van der Waals surface area (Å²) >= 11 is 0. The molecule has 26 heavy (non-hydrogen) atoms. The first-order valence-corrected chi connectivity index (χ1v) is 8.85. The number of alkyl halides is 2. The van der Waals surface area contributed by atoms with Gasteiger partial charge in [0, 0.05) is 11.6 Å². The summed E-state index contributed by atoms with van der Waals surface area (Å²) in [5, 5.41) is 0. The number of halogens is 2. The van der Waals surface area contributed by atoms with E-state index < -0.39 is 24.7 Å². The Kier molecular flexibility index (Phi) is 6.62. The van der Waals surface area contributed by atoms with Crippen molar-refractivity contribution in [3.63, 3.8) is 0 Å². The molecular weight excluding hydrogens is 340 g/mol. The van der Waals surface area contributed by atoms with Crippen molar-refractivity contribution in [3.05, 3.63) is 35.9 Å². The summed E-state index contributed by atoms with van der Waals surface area (Å²) in [4.78, 5) is 14.3. The number of carbonyl (C=O) groups is 1. The van der Waals surface area contributed by atoms with Crippen LogP contribution in [0, 0.1) is 0 Å². The highest BCUT2D eigenvalue weighted by molar-refractivity contribution is 5.69. The van der Waals surface area contributed by atoms with Gasteiger partial charge in [-0.25, -0.2) is 13.6 Å². The van der Waals surface area contributed by atoms with Crippen molar-refractivity contribution in [2.45, 2.75) is 64.6 Å². The highest BCUT2D eigenvalue weighted by atomic mass is 19.3. The first kappa shape index (κ1) is 20.2. The minimum atomic E-state index is -2.56. The summed E-state index contributed by atoms with van der Waals surface area (Å²) in [7, 11) is 0. The van der Waals surface area contributed by atoms with Gasteiger partial charge in [-0.05, 0) is 57.7 Å². The standard InChI is InChI=1S/C20H27F2NO3/c1-5-14-9-10-17(25-13-18(21)22)15(11-14)12-23(16-7-6-8-16)19(24)26-20(2,3)4/h5,9-11,16,18H,1,6-8,12-13H2,2-4H3. The minimum absolute atomic E-state index is 0.0974. The molecule has 1 amide bonds. The van der Waals surface area contributed by atoms with Gasteiger partial charge in [-0.2, -0.15) is 0 Å². The number of nitrogens with zero attached hydrogens (tertiary/aromatic N) is 1. The van der Waals surface area contributed by atoms with Crippen molar-refractivity contribution in [3.8, 4) is 5.75 Å². The van der Waals surface area contributed by atoms with Gasteiger partial charge in [0.05, 0.1) is 6.54 Å². The number of hydrogen-bond acceptors (Lipinski definition) is 3. The Morgan fingerprint density at radius 3 is 2.58 bits per heavy atom. The van der Waals surface area contributed by atoms with Gasteiger partial charge < -0.3 is 14.4 Å². The van der Waals surface area contributed by atoms with Gasteiger partial charge in [0.25, 0.3) is 6.43 Å². The molecule has 1 saturated carbocycles. The van der Waals surface area contributed by atoms with Gasteiger partial charge in [-0.1, -0.05) is 18.7 Å². The summed E-state index contributed by atoms with van der Waals surface area (Å²) in [5.41, 5.74) is 0.903. The Bertz CT molecular complexity index is 636. The van der Waals surface area contributed by atoms with Crippen molar-refractivity contribution < 1.29 is 23.0 Å². The number of benzene rings is 1. The van der Waals surface area contributed by atoms with E-state index in [1.807, 2.05) is 26.8 Å². The highest BCUT2D eigenvalue weighted by Crippen LogP contribution is 2.31. The molecule has 1 aromatic carbocycles. The van der Waals surface area contributed by atoms with Crippen LogP contribution < -0.4 is 4.74 Å². The zero-order valence-corrected chi connectivity index (χ0v) is 15.6. The van der Waals surface area contributed by atoms with E-state index >= 15 is 0 Å². The normalized spacial score (nSPS) is 14.7. The van der Waals surface area contributed by atoms with Crippen LogP contribution in [0.2, 0.25) is 0 Å². The van der Waals surface area contributed by atoms with Crippen LogP contribution >= 0.6 is 0 Å². The molecule has 1 aliphatic carbocycles. The van der Waals surface area contributed by atoms with Gasteiger partial charge in [-0.15, -0.1) is 0 Å². The number of ether oxygens (including phenoxy) is 2. The Labute approximate surface area is 153 Å². The Hall–Kier alpha value is -2.11. The van der Waals surface area contributed by atoms with Gasteiger partial charge >= 0.3 is 6.09 Å². The van der Waals surface area contributed by atoms with Crippen molar-refractivity contribution in [2.75, 3.05) is 6.61 Å². The molecule has 1 aliphatic rings. The molecule has 1 fully saturated rings. The molecule has 0 radical (unpaired) electrons. The van der Waals surface area contributed by atoms with E-state index in [0.717, 1.165) is 24.8 Å². The van der Waals surface area contributed by atoms with E-state index in [-0.39, 0.29) is 12.6 Å². The lowest BCUT2D eigenvalue weighted by Crippen LogP contribution is -2.46. The SMILES string of the molecule is C=Cc1ccc(OCC(F)F)c(CN(C(=O)OC(C)(C)C)C2CCC2)c1. The van der Waals surface area contributed by atoms with Crippen LogP contribution in [-0.2, 0) is 11.3 Å². The van der Waals surface area contributed by atoms with Crippen LogP contribution in [-0.4, -0.2) is 35.7 Å². The number of carbonyl (C=O) groups excluding carboxylic acids is 1. The summed E-state index contributed by atoms with van der Waals surface area (Å²) in [6.45, 7) is 8.76. The fraction of sp³-hybridized carbons (Fsp3) is 0.550. The van der Waals surface area contributed by atoms with Crippen LogP contribution in [0.25, 0.3) is 6.08 Å². The van der Waals surface area contributed by atoms with Crippen LogP contribution in [0.15, 0.2) is 24.8 Å². The summed E-state index contributed by atoms with van der Waals surface area (Å²) in [6.07, 6.45) is 1.59. The fourth-order valence-corrected chi connectivity index (χ4v) is 2.69. The topological polar surface area (TPSA) is 38.8 Å². The fourth-order valence-electron chi connectivity index (χ4n) is 2.69. The molecule has 0 saturated heterocycles.